The van der Waals surface area contributed by atoms with Crippen LogP contribution in [0.2, 0.25) is 0 Å². The highest BCUT2D eigenvalue weighted by molar-refractivity contribution is 5.89. The van der Waals surface area contributed by atoms with Crippen LogP contribution in [0.25, 0.3) is 0 Å². The summed E-state index contributed by atoms with van der Waals surface area (Å²) in [5.41, 5.74) is 1.45. The van der Waals surface area contributed by atoms with Gasteiger partial charge in [0.05, 0.1) is 12.2 Å². The Kier molecular flexibility index (Phi) is 8.81. The molecule has 3 heteroatoms. The number of carboxylic acid groups (broad SMARTS) is 1. The Bertz CT molecular complexity index is 526. The molecular formula is C20H28O3. The smallest absolute Gasteiger partial charge is 0.335 e. The largest absolute Gasteiger partial charge is 0.494 e. The summed E-state index contributed by atoms with van der Waals surface area (Å²) in [6, 6.07) is 8.03. The van der Waals surface area contributed by atoms with Crippen LogP contribution in [0, 0.1) is 0 Å². The van der Waals surface area contributed by atoms with E-state index >= 15 is 0 Å². The van der Waals surface area contributed by atoms with Crippen LogP contribution in [0.4, 0.5) is 0 Å². The molecule has 0 radical (unpaired) electrons. The summed E-state index contributed by atoms with van der Waals surface area (Å²) in [6.45, 7) is 6.74. The van der Waals surface area contributed by atoms with Gasteiger partial charge in [-0.2, -0.15) is 0 Å². The Morgan fingerprint density at radius 3 is 2.48 bits per heavy atom. The molecule has 0 aromatic heterocycles. The number of unbranched alkanes of at least 4 members (excludes halogenated alkanes) is 3. The minimum atomic E-state index is -0.900. The van der Waals surface area contributed by atoms with Crippen molar-refractivity contribution >= 4 is 5.97 Å². The van der Waals surface area contributed by atoms with Crippen molar-refractivity contribution in [2.75, 3.05) is 6.61 Å². The summed E-state index contributed by atoms with van der Waals surface area (Å²) < 4.78 is 5.73. The number of hydrogen-bond donors (Lipinski definition) is 1. The first kappa shape index (κ1) is 19.0. The van der Waals surface area contributed by atoms with Crippen molar-refractivity contribution in [3.63, 3.8) is 0 Å². The zero-order valence-electron chi connectivity index (χ0n) is 14.4. The van der Waals surface area contributed by atoms with Gasteiger partial charge in [0.1, 0.15) is 5.75 Å². The molecule has 1 aromatic carbocycles. The second-order valence-corrected chi connectivity index (χ2v) is 5.68. The van der Waals surface area contributed by atoms with Crippen LogP contribution in [-0.2, 0) is 4.79 Å². The van der Waals surface area contributed by atoms with E-state index in [0.29, 0.717) is 5.57 Å². The van der Waals surface area contributed by atoms with Crippen LogP contribution in [0.15, 0.2) is 48.1 Å². The maximum Gasteiger partial charge on any atom is 0.335 e. The molecule has 1 aromatic rings. The molecule has 1 N–H and O–H groups in total. The van der Waals surface area contributed by atoms with Crippen LogP contribution in [0.3, 0.4) is 0 Å². The second-order valence-electron chi connectivity index (χ2n) is 5.68. The molecule has 1 unspecified atom stereocenters. The predicted octanol–water partition coefficient (Wildman–Crippen LogP) is 5.34. The van der Waals surface area contributed by atoms with Gasteiger partial charge in [0.25, 0.3) is 0 Å². The number of rotatable bonds is 10. The first-order valence-electron chi connectivity index (χ1n) is 8.39. The van der Waals surface area contributed by atoms with Gasteiger partial charge in [-0.15, -0.1) is 0 Å². The van der Waals surface area contributed by atoms with E-state index in [1.165, 1.54) is 19.3 Å². The molecule has 3 nitrogen and oxygen atoms in total. The number of carbonyl (C=O) groups is 1. The maximum absolute atomic E-state index is 11.0. The SMILES string of the molecule is C/C=C(\C=C/C(C)c1ccc(OCCCCCC)cc1)C(=O)O. The fourth-order valence-corrected chi connectivity index (χ4v) is 2.24. The third-order valence-electron chi connectivity index (χ3n) is 3.79. The molecule has 0 amide bonds. The van der Waals surface area contributed by atoms with E-state index in [0.717, 1.165) is 24.3 Å². The van der Waals surface area contributed by atoms with Gasteiger partial charge in [-0.3, -0.25) is 0 Å². The summed E-state index contributed by atoms with van der Waals surface area (Å²) in [6.07, 6.45) is 9.97. The van der Waals surface area contributed by atoms with Crippen molar-refractivity contribution in [3.05, 3.63) is 53.6 Å². The van der Waals surface area contributed by atoms with Crippen molar-refractivity contribution in [2.45, 2.75) is 52.4 Å². The number of carboxylic acids is 1. The van der Waals surface area contributed by atoms with Gasteiger partial charge in [0, 0.05) is 0 Å². The Morgan fingerprint density at radius 2 is 1.91 bits per heavy atom. The third kappa shape index (κ3) is 7.18. The molecule has 23 heavy (non-hydrogen) atoms. The van der Waals surface area contributed by atoms with Crippen molar-refractivity contribution in [1.29, 1.82) is 0 Å². The summed E-state index contributed by atoms with van der Waals surface area (Å²) in [5.74, 6) is 0.145. The van der Waals surface area contributed by atoms with Crippen molar-refractivity contribution in [3.8, 4) is 5.75 Å². The van der Waals surface area contributed by atoms with Gasteiger partial charge in [-0.25, -0.2) is 4.79 Å². The summed E-state index contributed by atoms with van der Waals surface area (Å²) in [4.78, 5) is 11.0. The fraction of sp³-hybridized carbons (Fsp3) is 0.450. The maximum atomic E-state index is 11.0. The number of benzene rings is 1. The lowest BCUT2D eigenvalue weighted by Crippen LogP contribution is -1.99. The lowest BCUT2D eigenvalue weighted by atomic mass is 9.99. The average Bonchev–Trinajstić information content (AvgIpc) is 2.55. The van der Waals surface area contributed by atoms with E-state index in [2.05, 4.69) is 6.92 Å². The molecule has 0 aliphatic rings. The van der Waals surface area contributed by atoms with Gasteiger partial charge in [0.15, 0.2) is 0 Å². The fourth-order valence-electron chi connectivity index (χ4n) is 2.24. The van der Waals surface area contributed by atoms with Crippen molar-refractivity contribution in [2.24, 2.45) is 0 Å². The van der Waals surface area contributed by atoms with Crippen LogP contribution >= 0.6 is 0 Å². The van der Waals surface area contributed by atoms with E-state index in [1.54, 1.807) is 19.1 Å². The van der Waals surface area contributed by atoms with E-state index in [4.69, 9.17) is 9.84 Å². The van der Waals surface area contributed by atoms with E-state index in [-0.39, 0.29) is 5.92 Å². The van der Waals surface area contributed by atoms with Gasteiger partial charge in [-0.05, 0) is 37.0 Å². The minimum Gasteiger partial charge on any atom is -0.494 e. The molecule has 0 saturated heterocycles. The molecule has 126 valence electrons. The number of ether oxygens (including phenoxy) is 1. The highest BCUT2D eigenvalue weighted by atomic mass is 16.5. The zero-order valence-corrected chi connectivity index (χ0v) is 14.4. The normalized spacial score (nSPS) is 13.3. The van der Waals surface area contributed by atoms with Crippen molar-refractivity contribution in [1.82, 2.24) is 0 Å². The van der Waals surface area contributed by atoms with Crippen LogP contribution < -0.4 is 4.74 Å². The Hall–Kier alpha value is -2.03. The van der Waals surface area contributed by atoms with Crippen LogP contribution in [0.1, 0.15) is 57.9 Å². The van der Waals surface area contributed by atoms with E-state index in [1.807, 2.05) is 37.3 Å². The Labute approximate surface area is 139 Å². The molecular weight excluding hydrogens is 288 g/mol. The lowest BCUT2D eigenvalue weighted by Gasteiger charge is -2.10. The van der Waals surface area contributed by atoms with Crippen molar-refractivity contribution < 1.29 is 14.6 Å². The standard InChI is InChI=1S/C20H28O3/c1-4-6-7-8-15-23-19-13-11-18(12-14-19)16(3)9-10-17(5-2)20(21)22/h5,9-14,16H,4,6-8,15H2,1-3H3,(H,21,22)/b10-9-,17-5+. The molecule has 1 rings (SSSR count). The predicted molar refractivity (Wildman–Crippen MR) is 95.0 cm³/mol. The summed E-state index contributed by atoms with van der Waals surface area (Å²) >= 11 is 0. The molecule has 0 heterocycles. The quantitative estimate of drug-likeness (QED) is 0.360. The van der Waals surface area contributed by atoms with Gasteiger partial charge >= 0.3 is 5.97 Å². The van der Waals surface area contributed by atoms with Gasteiger partial charge in [0.2, 0.25) is 0 Å². The molecule has 0 spiro atoms. The van der Waals surface area contributed by atoms with E-state index in [9.17, 15) is 4.79 Å². The number of aliphatic carboxylic acids is 1. The third-order valence-corrected chi connectivity index (χ3v) is 3.79. The number of hydrogen-bond acceptors (Lipinski definition) is 2. The second kappa shape index (κ2) is 10.7. The van der Waals surface area contributed by atoms with Crippen LogP contribution in [-0.4, -0.2) is 17.7 Å². The lowest BCUT2D eigenvalue weighted by molar-refractivity contribution is -0.132. The molecule has 1 atom stereocenters. The first-order valence-corrected chi connectivity index (χ1v) is 8.39. The van der Waals surface area contributed by atoms with E-state index < -0.39 is 5.97 Å². The molecule has 0 bridgehead atoms. The first-order chi connectivity index (χ1) is 11.1. The molecule has 0 saturated carbocycles. The molecule has 0 fully saturated rings. The van der Waals surface area contributed by atoms with Gasteiger partial charge in [-0.1, -0.05) is 63.5 Å². The Balaban J connectivity index is 2.52. The zero-order chi connectivity index (χ0) is 17.1. The average molecular weight is 316 g/mol. The summed E-state index contributed by atoms with van der Waals surface area (Å²) in [7, 11) is 0. The monoisotopic (exact) mass is 316 g/mol. The van der Waals surface area contributed by atoms with Gasteiger partial charge < -0.3 is 9.84 Å². The topological polar surface area (TPSA) is 46.5 Å². The minimum absolute atomic E-state index is 0.155. The number of allylic oxidation sites excluding steroid dienone is 2. The van der Waals surface area contributed by atoms with Crippen LogP contribution in [0.5, 0.6) is 5.75 Å². The highest BCUT2D eigenvalue weighted by Crippen LogP contribution is 2.21. The molecule has 0 aliphatic carbocycles. The molecule has 0 aliphatic heterocycles. The Morgan fingerprint density at radius 1 is 1.22 bits per heavy atom. The summed E-state index contributed by atoms with van der Waals surface area (Å²) in [5, 5.41) is 8.99. The highest BCUT2D eigenvalue weighted by Gasteiger charge is 2.05.